The highest BCUT2D eigenvalue weighted by Crippen LogP contribution is 2.31. The van der Waals surface area contributed by atoms with Crippen LogP contribution in [-0.2, 0) is 6.42 Å². The number of nitrogens with one attached hydrogen (secondary N) is 1. The van der Waals surface area contributed by atoms with Crippen LogP contribution in [0.5, 0.6) is 0 Å². The van der Waals surface area contributed by atoms with E-state index in [1.165, 1.54) is 16.9 Å². The van der Waals surface area contributed by atoms with Crippen molar-refractivity contribution in [2.75, 3.05) is 5.32 Å². The summed E-state index contributed by atoms with van der Waals surface area (Å²) in [5, 5.41) is 3.96. The number of hydrogen-bond donors (Lipinski definition) is 1. The van der Waals surface area contributed by atoms with Crippen molar-refractivity contribution in [2.24, 2.45) is 0 Å². The Morgan fingerprint density at radius 3 is 2.48 bits per heavy atom. The van der Waals surface area contributed by atoms with Gasteiger partial charge in [0, 0.05) is 23.2 Å². The molecule has 1 amide bonds. The Kier molecular flexibility index (Phi) is 4.13. The number of hydrogen-bond acceptors (Lipinski definition) is 4. The van der Waals surface area contributed by atoms with Gasteiger partial charge in [-0.05, 0) is 38.5 Å². The first-order chi connectivity index (χ1) is 11.0. The summed E-state index contributed by atoms with van der Waals surface area (Å²) in [6.45, 7) is 8.00. The molecule has 0 atom stereocenters. The van der Waals surface area contributed by atoms with Crippen molar-refractivity contribution < 1.29 is 4.79 Å². The molecule has 0 fully saturated rings. The van der Waals surface area contributed by atoms with Crippen LogP contribution in [0.2, 0.25) is 0 Å². The van der Waals surface area contributed by atoms with E-state index in [9.17, 15) is 4.79 Å². The minimum Gasteiger partial charge on any atom is -0.321 e. The molecule has 1 aromatic carbocycles. The fourth-order valence-corrected chi connectivity index (χ4v) is 3.74. The summed E-state index contributed by atoms with van der Waals surface area (Å²) in [4.78, 5) is 23.3. The molecule has 0 unspecified atom stereocenters. The second kappa shape index (κ2) is 6.08. The van der Waals surface area contributed by atoms with Gasteiger partial charge in [0.25, 0.3) is 5.91 Å². The summed E-state index contributed by atoms with van der Waals surface area (Å²) < 4.78 is 0. The van der Waals surface area contributed by atoms with Crippen molar-refractivity contribution in [2.45, 2.75) is 34.1 Å². The van der Waals surface area contributed by atoms with E-state index in [-0.39, 0.29) is 5.91 Å². The Balaban J connectivity index is 1.99. The summed E-state index contributed by atoms with van der Waals surface area (Å²) in [6, 6.07) is 7.79. The summed E-state index contributed by atoms with van der Waals surface area (Å²) >= 11 is 1.43. The zero-order valence-corrected chi connectivity index (χ0v) is 14.5. The molecular formula is C18H19N3OS. The Morgan fingerprint density at radius 1 is 1.13 bits per heavy atom. The van der Waals surface area contributed by atoms with E-state index in [0.717, 1.165) is 39.4 Å². The maximum Gasteiger partial charge on any atom is 0.266 e. The third-order valence-electron chi connectivity index (χ3n) is 3.85. The third kappa shape index (κ3) is 2.97. The van der Waals surface area contributed by atoms with E-state index in [1.807, 2.05) is 52.0 Å². The van der Waals surface area contributed by atoms with Crippen LogP contribution in [-0.4, -0.2) is 15.9 Å². The fourth-order valence-electron chi connectivity index (χ4n) is 2.59. The monoisotopic (exact) mass is 325 g/mol. The molecule has 118 valence electrons. The van der Waals surface area contributed by atoms with Gasteiger partial charge in [-0.25, -0.2) is 9.97 Å². The Labute approximate surface area is 139 Å². The number of carbonyl (C=O) groups excluding carboxylic acids is 1. The molecule has 2 aromatic heterocycles. The molecule has 0 aliphatic rings. The first-order valence-corrected chi connectivity index (χ1v) is 8.46. The fraction of sp³-hybridized carbons (Fsp3) is 0.278. The Bertz CT molecular complexity index is 881. The summed E-state index contributed by atoms with van der Waals surface area (Å²) in [5.41, 5.74) is 3.86. The van der Waals surface area contributed by atoms with Crippen LogP contribution in [0, 0.1) is 20.8 Å². The van der Waals surface area contributed by atoms with Crippen LogP contribution in [0.25, 0.3) is 10.2 Å². The summed E-state index contributed by atoms with van der Waals surface area (Å²) in [5.74, 6) is 0.730. The second-order valence-corrected chi connectivity index (χ2v) is 6.63. The highest BCUT2D eigenvalue weighted by Gasteiger charge is 2.19. The number of fused-ring (bicyclic) bond motifs is 1. The first kappa shape index (κ1) is 15.6. The molecule has 3 rings (SSSR count). The van der Waals surface area contributed by atoms with E-state index in [1.54, 1.807) is 0 Å². The van der Waals surface area contributed by atoms with Crippen molar-refractivity contribution in [1.82, 2.24) is 9.97 Å². The zero-order chi connectivity index (χ0) is 16.6. The lowest BCUT2D eigenvalue weighted by Gasteiger charge is -2.05. The highest BCUT2D eigenvalue weighted by molar-refractivity contribution is 7.20. The molecule has 0 saturated heterocycles. The van der Waals surface area contributed by atoms with Crippen molar-refractivity contribution in [1.29, 1.82) is 0 Å². The van der Waals surface area contributed by atoms with Gasteiger partial charge in [0.2, 0.25) is 0 Å². The van der Waals surface area contributed by atoms with Crippen molar-refractivity contribution >= 4 is 33.1 Å². The molecule has 0 bridgehead atoms. The molecular weight excluding hydrogens is 306 g/mol. The van der Waals surface area contributed by atoms with Crippen molar-refractivity contribution in [3.63, 3.8) is 0 Å². The van der Waals surface area contributed by atoms with Gasteiger partial charge in [-0.15, -0.1) is 11.3 Å². The van der Waals surface area contributed by atoms with Gasteiger partial charge < -0.3 is 5.32 Å². The quantitative estimate of drug-likeness (QED) is 0.775. The van der Waals surface area contributed by atoms with E-state index in [2.05, 4.69) is 15.3 Å². The number of thiophene rings is 1. The molecule has 5 heteroatoms. The number of rotatable bonds is 3. The standard InChI is InChI=1S/C18H19N3OS/c1-5-14-19-12(4)15-11(3)16(23-18(15)21-14)17(22)20-13-8-6-10(2)7-9-13/h6-9H,5H2,1-4H3,(H,20,22). The summed E-state index contributed by atoms with van der Waals surface area (Å²) in [6.07, 6.45) is 0.790. The largest absolute Gasteiger partial charge is 0.321 e. The minimum atomic E-state index is -0.0909. The lowest BCUT2D eigenvalue weighted by Crippen LogP contribution is -2.11. The average molecular weight is 325 g/mol. The van der Waals surface area contributed by atoms with Crippen LogP contribution in [0.15, 0.2) is 24.3 Å². The molecule has 0 saturated carbocycles. The normalized spacial score (nSPS) is 11.0. The number of aromatic nitrogens is 2. The molecule has 3 aromatic rings. The van der Waals surface area contributed by atoms with Crippen LogP contribution in [0.4, 0.5) is 5.69 Å². The molecule has 2 heterocycles. The second-order valence-electron chi connectivity index (χ2n) is 5.64. The van der Waals surface area contributed by atoms with E-state index in [4.69, 9.17) is 0 Å². The number of carbonyl (C=O) groups is 1. The van der Waals surface area contributed by atoms with E-state index in [0.29, 0.717) is 4.88 Å². The van der Waals surface area contributed by atoms with Gasteiger partial charge in [0.05, 0.1) is 4.88 Å². The predicted octanol–water partition coefficient (Wildman–Crippen LogP) is 4.43. The Morgan fingerprint density at radius 2 is 1.83 bits per heavy atom. The van der Waals surface area contributed by atoms with Gasteiger partial charge in [-0.1, -0.05) is 24.6 Å². The van der Waals surface area contributed by atoms with Crippen molar-refractivity contribution in [3.05, 3.63) is 51.8 Å². The number of amides is 1. The minimum absolute atomic E-state index is 0.0909. The molecule has 0 aliphatic carbocycles. The van der Waals surface area contributed by atoms with Crippen LogP contribution in [0.1, 0.15) is 39.2 Å². The molecule has 23 heavy (non-hydrogen) atoms. The van der Waals surface area contributed by atoms with Crippen molar-refractivity contribution in [3.8, 4) is 0 Å². The van der Waals surface area contributed by atoms with Crippen LogP contribution in [0.3, 0.4) is 0 Å². The van der Waals surface area contributed by atoms with E-state index >= 15 is 0 Å². The van der Waals surface area contributed by atoms with E-state index < -0.39 is 0 Å². The SMILES string of the molecule is CCc1nc(C)c2c(C)c(C(=O)Nc3ccc(C)cc3)sc2n1. The van der Waals surface area contributed by atoms with Crippen LogP contribution < -0.4 is 5.32 Å². The number of nitrogens with zero attached hydrogens (tertiary/aromatic N) is 2. The predicted molar refractivity (Wildman–Crippen MR) is 95.4 cm³/mol. The van der Waals surface area contributed by atoms with Gasteiger partial charge in [0.15, 0.2) is 0 Å². The number of anilines is 1. The number of benzene rings is 1. The molecule has 0 spiro atoms. The van der Waals surface area contributed by atoms with Gasteiger partial charge >= 0.3 is 0 Å². The lowest BCUT2D eigenvalue weighted by atomic mass is 10.1. The molecule has 0 radical (unpaired) electrons. The highest BCUT2D eigenvalue weighted by atomic mass is 32.1. The van der Waals surface area contributed by atoms with Crippen LogP contribution >= 0.6 is 11.3 Å². The molecule has 0 aliphatic heterocycles. The van der Waals surface area contributed by atoms with Gasteiger partial charge in [0.1, 0.15) is 10.7 Å². The summed E-state index contributed by atoms with van der Waals surface area (Å²) in [7, 11) is 0. The first-order valence-electron chi connectivity index (χ1n) is 7.64. The van der Waals surface area contributed by atoms with Gasteiger partial charge in [-0.3, -0.25) is 4.79 Å². The third-order valence-corrected chi connectivity index (χ3v) is 5.03. The molecule has 4 nitrogen and oxygen atoms in total. The smallest absolute Gasteiger partial charge is 0.266 e. The maximum absolute atomic E-state index is 12.6. The maximum atomic E-state index is 12.6. The van der Waals surface area contributed by atoms with Gasteiger partial charge in [-0.2, -0.15) is 0 Å². The average Bonchev–Trinajstić information content (AvgIpc) is 2.87. The number of aryl methyl sites for hydroxylation is 4. The topological polar surface area (TPSA) is 54.9 Å². The zero-order valence-electron chi connectivity index (χ0n) is 13.7. The Hall–Kier alpha value is -2.27. The molecule has 1 N–H and O–H groups in total. The lowest BCUT2D eigenvalue weighted by molar-refractivity contribution is 0.103.